The number of fused-ring (bicyclic) bond motifs is 2. The maximum Gasteiger partial charge on any atom is 0.267 e. The Kier molecular flexibility index (Phi) is 5.24. The number of nitriles is 1. The molecule has 0 radical (unpaired) electrons. The molecular weight excluding hydrogens is 458 g/mol. The maximum atomic E-state index is 14.0. The Labute approximate surface area is 208 Å². The highest BCUT2D eigenvalue weighted by atomic mass is 32.1. The molecule has 2 fully saturated rings. The van der Waals surface area contributed by atoms with Gasteiger partial charge in [0.2, 0.25) is 5.91 Å². The van der Waals surface area contributed by atoms with Gasteiger partial charge in [0.25, 0.3) is 5.91 Å². The van der Waals surface area contributed by atoms with Crippen molar-refractivity contribution in [3.63, 3.8) is 0 Å². The first-order chi connectivity index (χ1) is 17.0. The maximum absolute atomic E-state index is 14.0. The van der Waals surface area contributed by atoms with Crippen LogP contribution in [0.25, 0.3) is 0 Å². The van der Waals surface area contributed by atoms with Gasteiger partial charge in [-0.2, -0.15) is 5.26 Å². The first-order valence-electron chi connectivity index (χ1n) is 12.0. The molecule has 2 aliphatic heterocycles. The van der Waals surface area contributed by atoms with E-state index in [0.717, 1.165) is 58.5 Å². The normalized spacial score (nSPS) is 23.4. The Morgan fingerprint density at radius 2 is 1.74 bits per heavy atom. The smallest absolute Gasteiger partial charge is 0.267 e. The topological polar surface area (TPSA) is 73.6 Å². The van der Waals surface area contributed by atoms with Gasteiger partial charge in [-0.1, -0.05) is 48.0 Å². The van der Waals surface area contributed by atoms with Crippen molar-refractivity contribution in [3.8, 4) is 6.07 Å². The summed E-state index contributed by atoms with van der Waals surface area (Å²) < 4.78 is 0. The summed E-state index contributed by atoms with van der Waals surface area (Å²) in [5, 5.41) is 12.2. The number of hydrogen-bond acceptors (Lipinski definition) is 6. The lowest BCUT2D eigenvalue weighted by atomic mass is 9.90. The number of benzene rings is 2. The van der Waals surface area contributed by atoms with Crippen LogP contribution in [-0.2, 0) is 27.3 Å². The van der Waals surface area contributed by atoms with Gasteiger partial charge in [0.1, 0.15) is 17.0 Å². The number of aryl methyl sites for hydroxylation is 3. The minimum atomic E-state index is -0.931. The highest BCUT2D eigenvalue weighted by Gasteiger charge is 2.61. The van der Waals surface area contributed by atoms with Crippen molar-refractivity contribution >= 4 is 33.8 Å². The van der Waals surface area contributed by atoms with Crippen LogP contribution in [0, 0.1) is 31.1 Å². The Morgan fingerprint density at radius 3 is 2.49 bits per heavy atom. The molecule has 0 unspecified atom stereocenters. The van der Waals surface area contributed by atoms with Crippen molar-refractivity contribution in [2.75, 3.05) is 9.96 Å². The van der Waals surface area contributed by atoms with Crippen molar-refractivity contribution < 1.29 is 14.4 Å². The average molecular weight is 484 g/mol. The zero-order valence-electron chi connectivity index (χ0n) is 19.7. The predicted molar refractivity (Wildman–Crippen MR) is 134 cm³/mol. The highest BCUT2D eigenvalue weighted by Crippen LogP contribution is 2.50. The lowest BCUT2D eigenvalue weighted by Gasteiger charge is -2.29. The number of imide groups is 1. The van der Waals surface area contributed by atoms with Crippen molar-refractivity contribution in [2.24, 2.45) is 5.92 Å². The SMILES string of the molecule is Cc1ccc([C@@H]2[C@H]3C(=O)N(c4sc5c(c4C#N)CCCC5)C(=O)[C@H]3ON2c2ccccc2C)cc1. The molecule has 7 heteroatoms. The van der Waals surface area contributed by atoms with Gasteiger partial charge >= 0.3 is 0 Å². The molecule has 2 amide bonds. The summed E-state index contributed by atoms with van der Waals surface area (Å²) >= 11 is 1.42. The third-order valence-corrected chi connectivity index (χ3v) is 8.63. The van der Waals surface area contributed by atoms with Gasteiger partial charge in [-0.3, -0.25) is 14.4 Å². The van der Waals surface area contributed by atoms with E-state index in [9.17, 15) is 14.9 Å². The van der Waals surface area contributed by atoms with Crippen molar-refractivity contribution in [2.45, 2.75) is 51.7 Å². The lowest BCUT2D eigenvalue weighted by molar-refractivity contribution is -0.126. The number of carbonyl (C=O) groups is 2. The van der Waals surface area contributed by atoms with Gasteiger partial charge < -0.3 is 0 Å². The number of rotatable bonds is 3. The minimum Gasteiger partial charge on any atom is -0.273 e. The molecule has 2 saturated heterocycles. The van der Waals surface area contributed by atoms with E-state index in [0.29, 0.717) is 10.6 Å². The van der Waals surface area contributed by atoms with Gasteiger partial charge in [0.05, 0.1) is 17.3 Å². The largest absolute Gasteiger partial charge is 0.273 e. The molecule has 0 N–H and O–H groups in total. The molecule has 6 nitrogen and oxygen atoms in total. The third kappa shape index (κ3) is 3.32. The molecule has 2 aromatic carbocycles. The Bertz CT molecular complexity index is 1390. The first-order valence-corrected chi connectivity index (χ1v) is 12.8. The van der Waals surface area contributed by atoms with Gasteiger partial charge in [-0.05, 0) is 62.3 Å². The second kappa shape index (κ2) is 8.33. The Morgan fingerprint density at radius 1 is 1.00 bits per heavy atom. The zero-order valence-corrected chi connectivity index (χ0v) is 20.5. The fourth-order valence-electron chi connectivity index (χ4n) is 5.56. The van der Waals surface area contributed by atoms with E-state index in [1.807, 2.05) is 62.4 Å². The van der Waals surface area contributed by atoms with E-state index in [1.165, 1.54) is 16.2 Å². The lowest BCUT2D eigenvalue weighted by Crippen LogP contribution is -2.37. The van der Waals surface area contributed by atoms with E-state index in [2.05, 4.69) is 6.07 Å². The van der Waals surface area contributed by atoms with Crippen LogP contribution in [0.1, 0.15) is 51.6 Å². The molecule has 3 aromatic rings. The molecule has 1 aromatic heterocycles. The molecule has 3 aliphatic rings. The summed E-state index contributed by atoms with van der Waals surface area (Å²) in [5.74, 6) is -1.38. The molecular formula is C28H25N3O3S. The van der Waals surface area contributed by atoms with Crippen LogP contribution in [0.3, 0.4) is 0 Å². The number of anilines is 2. The van der Waals surface area contributed by atoms with Crippen LogP contribution in [0.4, 0.5) is 10.7 Å². The van der Waals surface area contributed by atoms with E-state index >= 15 is 0 Å². The van der Waals surface area contributed by atoms with Crippen molar-refractivity contribution in [1.82, 2.24) is 0 Å². The number of amides is 2. The van der Waals surface area contributed by atoms with E-state index in [-0.39, 0.29) is 11.8 Å². The summed E-state index contributed by atoms with van der Waals surface area (Å²) in [6.07, 6.45) is 2.87. The minimum absolute atomic E-state index is 0.295. The van der Waals surface area contributed by atoms with E-state index in [1.54, 1.807) is 5.06 Å². The standard InChI is InChI=1S/C28H25N3O3S/c1-16-11-13-18(14-12-16)24-23-25(34-31(24)21-9-5-3-7-17(21)2)27(33)30(26(23)32)28-20(15-29)19-8-4-6-10-22(19)35-28/h3,5,7,9,11-14,23-25H,4,6,8,10H2,1-2H3/t23-,24-,25+/m1/s1. The second-order valence-corrected chi connectivity index (χ2v) is 10.6. The molecule has 0 spiro atoms. The van der Waals surface area contributed by atoms with Crippen molar-refractivity contribution in [1.29, 1.82) is 5.26 Å². The molecule has 3 atom stereocenters. The third-order valence-electron chi connectivity index (χ3n) is 7.35. The number of carbonyl (C=O) groups excluding carboxylic acids is 2. The summed E-state index contributed by atoms with van der Waals surface area (Å²) in [7, 11) is 0. The van der Waals surface area contributed by atoms with Crippen LogP contribution < -0.4 is 9.96 Å². The number of hydroxylamine groups is 1. The quantitative estimate of drug-likeness (QED) is 0.481. The van der Waals surface area contributed by atoms with Crippen LogP contribution >= 0.6 is 11.3 Å². The molecule has 35 heavy (non-hydrogen) atoms. The average Bonchev–Trinajstić information content (AvgIpc) is 3.50. The summed E-state index contributed by atoms with van der Waals surface area (Å²) in [5.41, 5.74) is 5.36. The number of nitrogens with zero attached hydrogens (tertiary/aromatic N) is 3. The molecule has 0 saturated carbocycles. The first kappa shape index (κ1) is 22.0. The molecule has 0 bridgehead atoms. The summed E-state index contributed by atoms with van der Waals surface area (Å²) in [6.45, 7) is 4.01. The number of hydrogen-bond donors (Lipinski definition) is 0. The summed E-state index contributed by atoms with van der Waals surface area (Å²) in [4.78, 5) is 36.4. The molecule has 1 aliphatic carbocycles. The molecule has 176 valence electrons. The number of thiophene rings is 1. The summed E-state index contributed by atoms with van der Waals surface area (Å²) in [6, 6.07) is 17.7. The van der Waals surface area contributed by atoms with Gasteiger partial charge in [0, 0.05) is 4.88 Å². The highest BCUT2D eigenvalue weighted by molar-refractivity contribution is 7.17. The van der Waals surface area contributed by atoms with Crippen molar-refractivity contribution in [3.05, 3.63) is 81.2 Å². The van der Waals surface area contributed by atoms with Gasteiger partial charge in [-0.15, -0.1) is 11.3 Å². The Hall–Kier alpha value is -3.47. The Balaban J connectivity index is 1.45. The fraction of sp³-hybridized carbons (Fsp3) is 0.321. The van der Waals surface area contributed by atoms with Gasteiger partial charge in [0.15, 0.2) is 6.10 Å². The molecule has 3 heterocycles. The van der Waals surface area contributed by atoms with Gasteiger partial charge in [-0.25, -0.2) is 9.96 Å². The fourth-order valence-corrected chi connectivity index (χ4v) is 6.91. The van der Waals surface area contributed by atoms with Crippen LogP contribution in [-0.4, -0.2) is 17.9 Å². The second-order valence-electron chi connectivity index (χ2n) is 9.53. The van der Waals surface area contributed by atoms with Crippen LogP contribution in [0.2, 0.25) is 0 Å². The van der Waals surface area contributed by atoms with Crippen LogP contribution in [0.15, 0.2) is 48.5 Å². The van der Waals surface area contributed by atoms with E-state index in [4.69, 9.17) is 4.84 Å². The monoisotopic (exact) mass is 483 g/mol. The van der Waals surface area contributed by atoms with E-state index < -0.39 is 18.1 Å². The zero-order chi connectivity index (χ0) is 24.3. The van der Waals surface area contributed by atoms with Crippen LogP contribution in [0.5, 0.6) is 0 Å². The molecule has 6 rings (SSSR count). The number of para-hydroxylation sites is 1. The predicted octanol–water partition coefficient (Wildman–Crippen LogP) is 5.17.